The third kappa shape index (κ3) is 4.65. The van der Waals surface area contributed by atoms with E-state index >= 15 is 0 Å². The van der Waals surface area contributed by atoms with E-state index in [1.807, 2.05) is 18.2 Å². The molecular weight excluding hydrogens is 430 g/mol. The number of halogens is 2. The average molecular weight is 450 g/mol. The van der Waals surface area contributed by atoms with E-state index in [2.05, 4.69) is 9.97 Å². The monoisotopic (exact) mass is 450 g/mol. The molecule has 1 fully saturated rings. The lowest BCUT2D eigenvalue weighted by molar-refractivity contribution is -0.132. The number of hydrogen-bond acceptors (Lipinski definition) is 6. The first-order valence-corrected chi connectivity index (χ1v) is 10.3. The quantitative estimate of drug-likeness (QED) is 0.526. The summed E-state index contributed by atoms with van der Waals surface area (Å²) in [6.07, 6.45) is 2.08. The molecule has 3 aromatic rings. The summed E-state index contributed by atoms with van der Waals surface area (Å²) in [5.74, 6) is -3.54. The minimum absolute atomic E-state index is 0.160. The molecule has 2 aromatic heterocycles. The van der Waals surface area contributed by atoms with Crippen LogP contribution in [0.15, 0.2) is 48.8 Å². The number of amides is 1. The molecule has 1 amide bonds. The molecule has 0 unspecified atom stereocenters. The normalized spacial score (nSPS) is 17.0. The van der Waals surface area contributed by atoms with E-state index in [0.29, 0.717) is 22.3 Å². The number of nitriles is 1. The molecule has 0 saturated carbocycles. The molecule has 1 aliphatic heterocycles. The van der Waals surface area contributed by atoms with Crippen molar-refractivity contribution in [3.05, 3.63) is 54.4 Å². The third-order valence-electron chi connectivity index (χ3n) is 5.63. The first-order chi connectivity index (χ1) is 15.8. The second-order valence-electron chi connectivity index (χ2n) is 7.83. The van der Waals surface area contributed by atoms with Crippen molar-refractivity contribution in [2.45, 2.75) is 31.2 Å². The summed E-state index contributed by atoms with van der Waals surface area (Å²) >= 11 is 0. The van der Waals surface area contributed by atoms with Gasteiger partial charge in [0.2, 0.25) is 11.8 Å². The molecule has 1 saturated heterocycles. The van der Waals surface area contributed by atoms with Gasteiger partial charge in [-0.1, -0.05) is 6.07 Å². The zero-order valence-electron chi connectivity index (χ0n) is 17.8. The molecule has 1 aliphatic rings. The molecule has 3 heterocycles. The van der Waals surface area contributed by atoms with Crippen LogP contribution in [0.4, 0.5) is 8.78 Å². The summed E-state index contributed by atoms with van der Waals surface area (Å²) in [6.45, 7) is -0.796. The van der Waals surface area contributed by atoms with Gasteiger partial charge in [0, 0.05) is 54.2 Å². The van der Waals surface area contributed by atoms with Gasteiger partial charge >= 0.3 is 0 Å². The number of methoxy groups -OCH3 is 1. The Morgan fingerprint density at radius 3 is 2.67 bits per heavy atom. The van der Waals surface area contributed by atoms with Crippen molar-refractivity contribution in [2.75, 3.05) is 13.7 Å². The number of fused-ring (bicyclic) bond motifs is 1. The maximum Gasteiger partial charge on any atom is 0.268 e. The molecular formula is C24H20F2N4O3. The van der Waals surface area contributed by atoms with Crippen molar-refractivity contribution in [3.8, 4) is 23.1 Å². The van der Waals surface area contributed by atoms with Crippen molar-refractivity contribution in [3.63, 3.8) is 0 Å². The van der Waals surface area contributed by atoms with E-state index in [4.69, 9.17) is 10.00 Å². The SMILES string of the molecule is COc1ccc(-c2ccc3nccc(C(=O)CCC(=O)N4CC(F)(F)C[C@H]4C#N)c3c2)cn1. The van der Waals surface area contributed by atoms with Gasteiger partial charge in [-0.3, -0.25) is 14.6 Å². The van der Waals surface area contributed by atoms with Gasteiger partial charge in [0.15, 0.2) is 5.78 Å². The Bertz CT molecular complexity index is 1250. The van der Waals surface area contributed by atoms with Gasteiger partial charge in [0.1, 0.15) is 6.04 Å². The fourth-order valence-corrected chi connectivity index (χ4v) is 3.93. The molecule has 0 radical (unpaired) electrons. The number of alkyl halides is 2. The number of aromatic nitrogens is 2. The molecule has 168 valence electrons. The van der Waals surface area contributed by atoms with Crippen LogP contribution in [0.5, 0.6) is 5.88 Å². The largest absolute Gasteiger partial charge is 0.481 e. The number of pyridine rings is 2. The lowest BCUT2D eigenvalue weighted by atomic mass is 9.98. The number of carbonyl (C=O) groups is 2. The number of ketones is 1. The summed E-state index contributed by atoms with van der Waals surface area (Å²) in [5.41, 5.74) is 2.65. The number of benzene rings is 1. The number of Topliss-reactive ketones (excluding diaryl/α,β-unsaturated/α-hetero) is 1. The summed E-state index contributed by atoms with van der Waals surface area (Å²) < 4.78 is 32.3. The molecule has 4 rings (SSSR count). The lowest BCUT2D eigenvalue weighted by Crippen LogP contribution is -2.36. The predicted molar refractivity (Wildman–Crippen MR) is 116 cm³/mol. The third-order valence-corrected chi connectivity index (χ3v) is 5.63. The highest BCUT2D eigenvalue weighted by Crippen LogP contribution is 2.32. The fraction of sp³-hybridized carbons (Fsp3) is 0.292. The number of hydrogen-bond donors (Lipinski definition) is 0. The number of carbonyl (C=O) groups excluding carboxylic acids is 2. The zero-order valence-corrected chi connectivity index (χ0v) is 17.8. The van der Waals surface area contributed by atoms with E-state index in [-0.39, 0.29) is 18.6 Å². The van der Waals surface area contributed by atoms with E-state index in [1.165, 1.54) is 13.3 Å². The van der Waals surface area contributed by atoms with Crippen molar-refractivity contribution in [1.82, 2.24) is 14.9 Å². The number of ether oxygens (including phenoxy) is 1. The second-order valence-corrected chi connectivity index (χ2v) is 7.83. The van der Waals surface area contributed by atoms with Gasteiger partial charge in [-0.15, -0.1) is 0 Å². The van der Waals surface area contributed by atoms with Crippen molar-refractivity contribution >= 4 is 22.6 Å². The number of likely N-dealkylation sites (tertiary alicyclic amines) is 1. The fourth-order valence-electron chi connectivity index (χ4n) is 3.93. The van der Waals surface area contributed by atoms with Gasteiger partial charge in [-0.05, 0) is 29.8 Å². The van der Waals surface area contributed by atoms with E-state index < -0.39 is 30.8 Å². The van der Waals surface area contributed by atoms with E-state index in [1.54, 1.807) is 30.5 Å². The minimum atomic E-state index is -3.09. The van der Waals surface area contributed by atoms with Crippen LogP contribution in [0, 0.1) is 11.3 Å². The van der Waals surface area contributed by atoms with Crippen LogP contribution in [-0.4, -0.2) is 52.2 Å². The van der Waals surface area contributed by atoms with Crippen LogP contribution in [0.2, 0.25) is 0 Å². The lowest BCUT2D eigenvalue weighted by Gasteiger charge is -2.18. The summed E-state index contributed by atoms with van der Waals surface area (Å²) in [5, 5.41) is 9.69. The van der Waals surface area contributed by atoms with Gasteiger partial charge in [0.05, 0.1) is 25.2 Å². The molecule has 9 heteroatoms. The maximum atomic E-state index is 13.6. The van der Waals surface area contributed by atoms with Crippen molar-refractivity contribution in [2.24, 2.45) is 0 Å². The van der Waals surface area contributed by atoms with Crippen LogP contribution in [-0.2, 0) is 4.79 Å². The Labute approximate surface area is 188 Å². The molecule has 33 heavy (non-hydrogen) atoms. The van der Waals surface area contributed by atoms with Crippen LogP contribution in [0.3, 0.4) is 0 Å². The first kappa shape index (κ1) is 22.3. The Hall–Kier alpha value is -3.93. The van der Waals surface area contributed by atoms with Gasteiger partial charge in [-0.25, -0.2) is 13.8 Å². The van der Waals surface area contributed by atoms with Crippen LogP contribution >= 0.6 is 0 Å². The molecule has 7 nitrogen and oxygen atoms in total. The van der Waals surface area contributed by atoms with Crippen LogP contribution in [0.1, 0.15) is 29.6 Å². The Morgan fingerprint density at radius 2 is 1.97 bits per heavy atom. The van der Waals surface area contributed by atoms with E-state index in [0.717, 1.165) is 16.0 Å². The summed E-state index contributed by atoms with van der Waals surface area (Å²) in [4.78, 5) is 34.8. The smallest absolute Gasteiger partial charge is 0.268 e. The Kier molecular flexibility index (Phi) is 6.01. The number of rotatable bonds is 6. The first-order valence-electron chi connectivity index (χ1n) is 10.3. The Morgan fingerprint density at radius 1 is 1.18 bits per heavy atom. The highest BCUT2D eigenvalue weighted by Gasteiger charge is 2.47. The number of nitrogens with zero attached hydrogens (tertiary/aromatic N) is 4. The highest BCUT2D eigenvalue weighted by molar-refractivity contribution is 6.08. The molecule has 1 atom stereocenters. The molecule has 0 spiro atoms. The summed E-state index contributed by atoms with van der Waals surface area (Å²) in [7, 11) is 1.53. The van der Waals surface area contributed by atoms with Crippen molar-refractivity contribution in [1.29, 1.82) is 5.26 Å². The molecule has 0 aliphatic carbocycles. The van der Waals surface area contributed by atoms with Gasteiger partial charge in [-0.2, -0.15) is 5.26 Å². The maximum absolute atomic E-state index is 13.6. The van der Waals surface area contributed by atoms with Crippen LogP contribution < -0.4 is 4.74 Å². The van der Waals surface area contributed by atoms with Crippen LogP contribution in [0.25, 0.3) is 22.0 Å². The second kappa shape index (κ2) is 8.90. The molecule has 0 N–H and O–H groups in total. The topological polar surface area (TPSA) is 96.2 Å². The van der Waals surface area contributed by atoms with Crippen molar-refractivity contribution < 1.29 is 23.1 Å². The molecule has 0 bridgehead atoms. The highest BCUT2D eigenvalue weighted by atomic mass is 19.3. The standard InChI is InChI=1S/C24H20F2N4O3/c1-33-22-6-3-16(13-29-22)15-2-4-20-19(10-15)18(8-9-28-20)21(31)5-7-23(32)30-14-24(25,26)11-17(30)12-27/h2-4,6,8-10,13,17H,5,7,11,14H2,1H3/t17-/m0/s1. The predicted octanol–water partition coefficient (Wildman–Crippen LogP) is 4.03. The zero-order chi connectivity index (χ0) is 23.6. The van der Waals surface area contributed by atoms with Gasteiger partial charge in [0.25, 0.3) is 5.92 Å². The molecule has 1 aromatic carbocycles. The van der Waals surface area contributed by atoms with Gasteiger partial charge < -0.3 is 9.64 Å². The van der Waals surface area contributed by atoms with E-state index in [9.17, 15) is 18.4 Å². The Balaban J connectivity index is 1.54. The average Bonchev–Trinajstić information content (AvgIpc) is 3.16. The summed E-state index contributed by atoms with van der Waals surface area (Å²) in [6, 6.07) is 11.2. The minimum Gasteiger partial charge on any atom is -0.481 e.